The van der Waals surface area contributed by atoms with Gasteiger partial charge in [-0.25, -0.2) is 4.98 Å². The van der Waals surface area contributed by atoms with Gasteiger partial charge in [-0.2, -0.15) is 0 Å². The van der Waals surface area contributed by atoms with Crippen LogP contribution in [0.25, 0.3) is 10.9 Å². The lowest BCUT2D eigenvalue weighted by Gasteiger charge is -2.36. The third-order valence-corrected chi connectivity index (χ3v) is 4.93. The number of anilines is 2. The van der Waals surface area contributed by atoms with E-state index in [0.29, 0.717) is 0 Å². The average Bonchev–Trinajstić information content (AvgIpc) is 2.68. The Morgan fingerprint density at radius 3 is 2.56 bits per heavy atom. The van der Waals surface area contributed by atoms with Crippen molar-refractivity contribution in [3.8, 4) is 0 Å². The summed E-state index contributed by atoms with van der Waals surface area (Å²) in [7, 11) is 0. The van der Waals surface area contributed by atoms with Gasteiger partial charge < -0.3 is 19.4 Å². The largest absolute Gasteiger partial charge is 0.378 e. The van der Waals surface area contributed by atoms with Gasteiger partial charge in [0.2, 0.25) is 5.91 Å². The molecule has 0 atom stereocenters. The van der Waals surface area contributed by atoms with Gasteiger partial charge in [-0.3, -0.25) is 9.78 Å². The highest BCUT2D eigenvalue weighted by atomic mass is 16.5. The van der Waals surface area contributed by atoms with Crippen LogP contribution in [0.5, 0.6) is 0 Å². The molecule has 2 fully saturated rings. The van der Waals surface area contributed by atoms with Crippen LogP contribution in [0.15, 0.2) is 24.4 Å². The van der Waals surface area contributed by atoms with Crippen LogP contribution in [-0.2, 0) is 9.53 Å². The predicted molar refractivity (Wildman–Crippen MR) is 97.0 cm³/mol. The van der Waals surface area contributed by atoms with Gasteiger partial charge in [0.1, 0.15) is 11.6 Å². The molecule has 7 nitrogen and oxygen atoms in total. The topological polar surface area (TPSA) is 61.8 Å². The maximum absolute atomic E-state index is 11.6. The van der Waals surface area contributed by atoms with Crippen molar-refractivity contribution in [2.75, 3.05) is 62.3 Å². The number of amides is 1. The molecule has 2 saturated heterocycles. The first-order chi connectivity index (χ1) is 12.2. The van der Waals surface area contributed by atoms with E-state index in [-0.39, 0.29) is 5.91 Å². The van der Waals surface area contributed by atoms with Crippen molar-refractivity contribution in [1.82, 2.24) is 14.9 Å². The standard InChI is InChI=1S/C18H23N5O2/c1-14(24)21-5-7-23(8-6-21)18-15-3-2-4-19-16(15)13-17(20-18)22-9-11-25-12-10-22/h2-4,13H,5-12H2,1H3. The van der Waals surface area contributed by atoms with E-state index in [1.807, 2.05) is 17.2 Å². The van der Waals surface area contributed by atoms with E-state index < -0.39 is 0 Å². The maximum atomic E-state index is 11.6. The van der Waals surface area contributed by atoms with Crippen molar-refractivity contribution in [1.29, 1.82) is 0 Å². The molecule has 2 aromatic rings. The van der Waals surface area contributed by atoms with Crippen LogP contribution >= 0.6 is 0 Å². The molecule has 0 saturated carbocycles. The van der Waals surface area contributed by atoms with Crippen molar-refractivity contribution >= 4 is 28.4 Å². The lowest BCUT2D eigenvalue weighted by atomic mass is 10.2. The van der Waals surface area contributed by atoms with E-state index >= 15 is 0 Å². The summed E-state index contributed by atoms with van der Waals surface area (Å²) in [4.78, 5) is 27.5. The molecule has 0 bridgehead atoms. The number of fused-ring (bicyclic) bond motifs is 1. The van der Waals surface area contributed by atoms with Crippen LogP contribution in [0, 0.1) is 0 Å². The molecule has 4 rings (SSSR count). The molecule has 4 heterocycles. The number of piperazine rings is 1. The number of rotatable bonds is 2. The number of carbonyl (C=O) groups is 1. The minimum Gasteiger partial charge on any atom is -0.378 e. The number of hydrogen-bond donors (Lipinski definition) is 0. The fraction of sp³-hybridized carbons (Fsp3) is 0.500. The van der Waals surface area contributed by atoms with Crippen LogP contribution in [0.4, 0.5) is 11.6 Å². The van der Waals surface area contributed by atoms with Gasteiger partial charge in [0, 0.05) is 63.8 Å². The van der Waals surface area contributed by atoms with Crippen LogP contribution < -0.4 is 9.80 Å². The molecule has 0 spiro atoms. The van der Waals surface area contributed by atoms with Gasteiger partial charge in [0.15, 0.2) is 0 Å². The Morgan fingerprint density at radius 2 is 1.84 bits per heavy atom. The summed E-state index contributed by atoms with van der Waals surface area (Å²) in [6.07, 6.45) is 1.82. The van der Waals surface area contributed by atoms with Gasteiger partial charge in [0.05, 0.1) is 18.7 Å². The first kappa shape index (κ1) is 16.1. The summed E-state index contributed by atoms with van der Waals surface area (Å²) >= 11 is 0. The van der Waals surface area contributed by atoms with Crippen LogP contribution in [0.3, 0.4) is 0 Å². The number of carbonyl (C=O) groups excluding carboxylic acids is 1. The summed E-state index contributed by atoms with van der Waals surface area (Å²) in [6, 6.07) is 6.09. The highest BCUT2D eigenvalue weighted by Crippen LogP contribution is 2.29. The SMILES string of the molecule is CC(=O)N1CCN(c2nc(N3CCOCC3)cc3ncccc23)CC1. The summed E-state index contributed by atoms with van der Waals surface area (Å²) < 4.78 is 5.46. The fourth-order valence-corrected chi connectivity index (χ4v) is 3.47. The van der Waals surface area contributed by atoms with Crippen LogP contribution in [0.1, 0.15) is 6.92 Å². The average molecular weight is 341 g/mol. The quantitative estimate of drug-likeness (QED) is 0.816. The number of nitrogens with zero attached hydrogens (tertiary/aromatic N) is 5. The van der Waals surface area contributed by atoms with E-state index in [0.717, 1.165) is 75.0 Å². The van der Waals surface area contributed by atoms with E-state index in [4.69, 9.17) is 9.72 Å². The third-order valence-electron chi connectivity index (χ3n) is 4.93. The third kappa shape index (κ3) is 3.24. The van der Waals surface area contributed by atoms with Crippen molar-refractivity contribution < 1.29 is 9.53 Å². The Bertz CT molecular complexity index is 767. The van der Waals surface area contributed by atoms with Crippen LogP contribution in [-0.4, -0.2) is 73.3 Å². The van der Waals surface area contributed by atoms with E-state index in [1.54, 1.807) is 6.92 Å². The van der Waals surface area contributed by atoms with Gasteiger partial charge >= 0.3 is 0 Å². The molecule has 2 aliphatic rings. The second kappa shape index (κ2) is 6.84. The summed E-state index contributed by atoms with van der Waals surface area (Å²) in [5.74, 6) is 2.06. The minimum absolute atomic E-state index is 0.140. The lowest BCUT2D eigenvalue weighted by Crippen LogP contribution is -2.48. The minimum atomic E-state index is 0.140. The zero-order valence-electron chi connectivity index (χ0n) is 14.5. The molecule has 25 heavy (non-hydrogen) atoms. The molecule has 0 radical (unpaired) electrons. The number of aromatic nitrogens is 2. The van der Waals surface area contributed by atoms with Gasteiger partial charge in [-0.15, -0.1) is 0 Å². The Balaban J connectivity index is 1.68. The Hall–Kier alpha value is -2.41. The van der Waals surface area contributed by atoms with E-state index in [2.05, 4.69) is 26.9 Å². The van der Waals surface area contributed by atoms with Crippen molar-refractivity contribution in [2.45, 2.75) is 6.92 Å². The zero-order chi connectivity index (χ0) is 17.2. The molecule has 0 N–H and O–H groups in total. The second-order valence-electron chi connectivity index (χ2n) is 6.47. The fourth-order valence-electron chi connectivity index (χ4n) is 3.47. The molecule has 2 aliphatic heterocycles. The number of morpholine rings is 1. The molecule has 0 unspecified atom stereocenters. The highest BCUT2D eigenvalue weighted by Gasteiger charge is 2.23. The Morgan fingerprint density at radius 1 is 1.08 bits per heavy atom. The lowest BCUT2D eigenvalue weighted by molar-refractivity contribution is -0.129. The molecular weight excluding hydrogens is 318 g/mol. The summed E-state index contributed by atoms with van der Waals surface area (Å²) in [5, 5.41) is 1.07. The van der Waals surface area contributed by atoms with Crippen molar-refractivity contribution in [3.63, 3.8) is 0 Å². The molecule has 1 amide bonds. The first-order valence-corrected chi connectivity index (χ1v) is 8.81. The van der Waals surface area contributed by atoms with Gasteiger partial charge in [0.25, 0.3) is 0 Å². The number of pyridine rings is 2. The smallest absolute Gasteiger partial charge is 0.219 e. The van der Waals surface area contributed by atoms with Crippen molar-refractivity contribution in [3.05, 3.63) is 24.4 Å². The second-order valence-corrected chi connectivity index (χ2v) is 6.47. The Kier molecular flexibility index (Phi) is 4.40. The molecular formula is C18H23N5O2. The molecule has 2 aromatic heterocycles. The zero-order valence-corrected chi connectivity index (χ0v) is 14.5. The van der Waals surface area contributed by atoms with Crippen molar-refractivity contribution in [2.24, 2.45) is 0 Å². The first-order valence-electron chi connectivity index (χ1n) is 8.81. The van der Waals surface area contributed by atoms with E-state index in [1.165, 1.54) is 0 Å². The Labute approximate surface area is 147 Å². The van der Waals surface area contributed by atoms with Gasteiger partial charge in [-0.05, 0) is 12.1 Å². The number of ether oxygens (including phenoxy) is 1. The van der Waals surface area contributed by atoms with Gasteiger partial charge in [-0.1, -0.05) is 0 Å². The summed E-state index contributed by atoms with van der Waals surface area (Å²) in [6.45, 7) is 7.86. The monoisotopic (exact) mass is 341 g/mol. The van der Waals surface area contributed by atoms with E-state index in [9.17, 15) is 4.79 Å². The molecule has 7 heteroatoms. The predicted octanol–water partition coefficient (Wildman–Crippen LogP) is 1.13. The molecule has 0 aromatic carbocycles. The highest BCUT2D eigenvalue weighted by molar-refractivity contribution is 5.91. The van der Waals surface area contributed by atoms with Crippen LogP contribution in [0.2, 0.25) is 0 Å². The normalized spacial score (nSPS) is 18.7. The molecule has 0 aliphatic carbocycles. The summed E-state index contributed by atoms with van der Waals surface area (Å²) in [5.41, 5.74) is 0.961. The number of hydrogen-bond acceptors (Lipinski definition) is 6. The molecule has 132 valence electrons. The maximum Gasteiger partial charge on any atom is 0.219 e.